The number of nitrogens with one attached hydrogen (secondary N) is 2. The maximum absolute atomic E-state index is 11.1. The molecular weight excluding hydrogens is 220 g/mol. The molecule has 0 unspecified atom stereocenters. The summed E-state index contributed by atoms with van der Waals surface area (Å²) in [4.78, 5) is 12.3. The molecule has 0 saturated carbocycles. The lowest BCUT2D eigenvalue weighted by atomic mass is 10.3. The van der Waals surface area contributed by atoms with E-state index in [0.717, 1.165) is 6.54 Å². The van der Waals surface area contributed by atoms with Crippen LogP contribution < -0.4 is 10.6 Å². The fraction of sp³-hybridized carbons (Fsp3) is 0.444. The van der Waals surface area contributed by atoms with Crippen LogP contribution in [0, 0.1) is 0 Å². The van der Waals surface area contributed by atoms with Crippen molar-refractivity contribution in [3.8, 4) is 0 Å². The number of hydrogen-bond acceptors (Lipinski definition) is 3. The topological polar surface area (TPSA) is 41.1 Å². The van der Waals surface area contributed by atoms with Gasteiger partial charge in [-0.25, -0.2) is 0 Å². The molecule has 5 heteroatoms. The molecule has 1 heterocycles. The Kier molecular flexibility index (Phi) is 6.53. The fourth-order valence-electron chi connectivity index (χ4n) is 0.976. The van der Waals surface area contributed by atoms with E-state index < -0.39 is 0 Å². The number of halogens is 1. The van der Waals surface area contributed by atoms with Crippen LogP contribution in [0.5, 0.6) is 0 Å². The van der Waals surface area contributed by atoms with E-state index in [1.807, 2.05) is 24.4 Å². The standard InChI is InChI=1S/C9H14N2OS.ClH/c1-7(9(12)10-2)11-6-8-4-3-5-13-8;/h3-5,7,11H,6H2,1-2H3,(H,10,12);1H/t7-;/m1./s1. The van der Waals surface area contributed by atoms with Gasteiger partial charge in [0.05, 0.1) is 6.04 Å². The first-order valence-electron chi connectivity index (χ1n) is 4.21. The van der Waals surface area contributed by atoms with E-state index in [4.69, 9.17) is 0 Å². The van der Waals surface area contributed by atoms with Crippen LogP contribution in [0.15, 0.2) is 17.5 Å². The van der Waals surface area contributed by atoms with Crippen LogP contribution in [0.1, 0.15) is 11.8 Å². The molecule has 1 aromatic rings. The molecule has 0 fully saturated rings. The molecule has 3 nitrogen and oxygen atoms in total. The molecular formula is C9H15ClN2OS. The van der Waals surface area contributed by atoms with Gasteiger partial charge in [-0.15, -0.1) is 23.7 Å². The van der Waals surface area contributed by atoms with E-state index in [-0.39, 0.29) is 24.4 Å². The Morgan fingerprint density at radius 1 is 1.64 bits per heavy atom. The smallest absolute Gasteiger partial charge is 0.236 e. The number of amides is 1. The van der Waals surface area contributed by atoms with Gasteiger partial charge in [-0.05, 0) is 18.4 Å². The minimum Gasteiger partial charge on any atom is -0.358 e. The Morgan fingerprint density at radius 3 is 2.86 bits per heavy atom. The fourth-order valence-corrected chi connectivity index (χ4v) is 1.63. The maximum atomic E-state index is 11.1. The summed E-state index contributed by atoms with van der Waals surface area (Å²) < 4.78 is 0. The molecule has 1 rings (SSSR count). The largest absolute Gasteiger partial charge is 0.358 e. The summed E-state index contributed by atoms with van der Waals surface area (Å²) in [5.41, 5.74) is 0. The maximum Gasteiger partial charge on any atom is 0.236 e. The normalized spacial score (nSPS) is 11.6. The van der Waals surface area contributed by atoms with Crippen LogP contribution in [0.2, 0.25) is 0 Å². The molecule has 14 heavy (non-hydrogen) atoms. The Labute approximate surface area is 94.3 Å². The molecule has 80 valence electrons. The average molecular weight is 235 g/mol. The van der Waals surface area contributed by atoms with Crippen LogP contribution in [0.3, 0.4) is 0 Å². The summed E-state index contributed by atoms with van der Waals surface area (Å²) >= 11 is 1.69. The van der Waals surface area contributed by atoms with Crippen LogP contribution in [0.4, 0.5) is 0 Å². The molecule has 0 aliphatic heterocycles. The third kappa shape index (κ3) is 4.09. The highest BCUT2D eigenvalue weighted by Gasteiger charge is 2.09. The number of likely N-dealkylation sites (N-methyl/N-ethyl adjacent to an activating group) is 1. The van der Waals surface area contributed by atoms with E-state index >= 15 is 0 Å². The van der Waals surface area contributed by atoms with Crippen molar-refractivity contribution in [1.29, 1.82) is 0 Å². The monoisotopic (exact) mass is 234 g/mol. The Balaban J connectivity index is 0.00000169. The van der Waals surface area contributed by atoms with Gasteiger partial charge in [0.1, 0.15) is 0 Å². The van der Waals surface area contributed by atoms with Crippen molar-refractivity contribution in [3.05, 3.63) is 22.4 Å². The molecule has 0 aromatic carbocycles. The van der Waals surface area contributed by atoms with Crippen LogP contribution in [-0.2, 0) is 11.3 Å². The first-order chi connectivity index (χ1) is 6.24. The van der Waals surface area contributed by atoms with Crippen molar-refractivity contribution >= 4 is 29.7 Å². The lowest BCUT2D eigenvalue weighted by Gasteiger charge is -2.10. The van der Waals surface area contributed by atoms with E-state index in [1.54, 1.807) is 18.4 Å². The summed E-state index contributed by atoms with van der Waals surface area (Å²) in [5, 5.41) is 7.76. The minimum atomic E-state index is -0.132. The van der Waals surface area contributed by atoms with E-state index in [2.05, 4.69) is 10.6 Å². The van der Waals surface area contributed by atoms with Crippen LogP contribution in [0.25, 0.3) is 0 Å². The second-order valence-electron chi connectivity index (χ2n) is 2.80. The van der Waals surface area contributed by atoms with E-state index in [0.29, 0.717) is 0 Å². The van der Waals surface area contributed by atoms with Gasteiger partial charge in [0.25, 0.3) is 0 Å². The predicted octanol–water partition coefficient (Wildman–Crippen LogP) is 1.39. The molecule has 1 aromatic heterocycles. The van der Waals surface area contributed by atoms with Gasteiger partial charge in [0, 0.05) is 18.5 Å². The van der Waals surface area contributed by atoms with E-state index in [9.17, 15) is 4.79 Å². The summed E-state index contributed by atoms with van der Waals surface area (Å²) in [6.45, 7) is 2.61. The van der Waals surface area contributed by atoms with Gasteiger partial charge in [-0.3, -0.25) is 4.79 Å². The molecule has 0 bridgehead atoms. The van der Waals surface area contributed by atoms with Crippen molar-refractivity contribution in [2.45, 2.75) is 19.5 Å². The molecule has 0 aliphatic rings. The zero-order valence-electron chi connectivity index (χ0n) is 8.24. The minimum absolute atomic E-state index is 0. The van der Waals surface area contributed by atoms with Crippen molar-refractivity contribution in [3.63, 3.8) is 0 Å². The zero-order valence-corrected chi connectivity index (χ0v) is 9.87. The van der Waals surface area contributed by atoms with Crippen molar-refractivity contribution in [2.24, 2.45) is 0 Å². The SMILES string of the molecule is CNC(=O)[C@@H](C)NCc1cccs1.Cl. The number of hydrogen-bond donors (Lipinski definition) is 2. The summed E-state index contributed by atoms with van der Waals surface area (Å²) in [6.07, 6.45) is 0. The van der Waals surface area contributed by atoms with Gasteiger partial charge in [-0.2, -0.15) is 0 Å². The van der Waals surface area contributed by atoms with Crippen LogP contribution >= 0.6 is 23.7 Å². The predicted molar refractivity (Wildman–Crippen MR) is 61.9 cm³/mol. The second-order valence-corrected chi connectivity index (χ2v) is 3.83. The number of rotatable bonds is 4. The number of thiophene rings is 1. The van der Waals surface area contributed by atoms with Gasteiger partial charge in [0.15, 0.2) is 0 Å². The van der Waals surface area contributed by atoms with Crippen molar-refractivity contribution in [1.82, 2.24) is 10.6 Å². The third-order valence-electron chi connectivity index (χ3n) is 1.80. The quantitative estimate of drug-likeness (QED) is 0.827. The van der Waals surface area contributed by atoms with Crippen molar-refractivity contribution in [2.75, 3.05) is 7.05 Å². The molecule has 0 radical (unpaired) electrons. The molecule has 1 atom stereocenters. The van der Waals surface area contributed by atoms with Crippen molar-refractivity contribution < 1.29 is 4.79 Å². The second kappa shape index (κ2) is 6.81. The molecule has 0 spiro atoms. The lowest BCUT2D eigenvalue weighted by molar-refractivity contribution is -0.122. The van der Waals surface area contributed by atoms with E-state index in [1.165, 1.54) is 4.88 Å². The third-order valence-corrected chi connectivity index (χ3v) is 2.68. The molecule has 2 N–H and O–H groups in total. The zero-order chi connectivity index (χ0) is 9.68. The summed E-state index contributed by atoms with van der Waals surface area (Å²) in [5.74, 6) is 0.0246. The Bertz CT molecular complexity index is 264. The van der Waals surface area contributed by atoms with Gasteiger partial charge >= 0.3 is 0 Å². The Hall–Kier alpha value is -0.580. The van der Waals surface area contributed by atoms with Gasteiger partial charge in [0.2, 0.25) is 5.91 Å². The molecule has 1 amide bonds. The first kappa shape index (κ1) is 13.4. The van der Waals surface area contributed by atoms with Gasteiger partial charge < -0.3 is 10.6 Å². The highest BCUT2D eigenvalue weighted by atomic mass is 35.5. The highest BCUT2D eigenvalue weighted by Crippen LogP contribution is 2.07. The van der Waals surface area contributed by atoms with Gasteiger partial charge in [-0.1, -0.05) is 6.07 Å². The Morgan fingerprint density at radius 2 is 2.36 bits per heavy atom. The lowest BCUT2D eigenvalue weighted by Crippen LogP contribution is -2.39. The van der Waals surface area contributed by atoms with Crippen LogP contribution in [-0.4, -0.2) is 19.0 Å². The first-order valence-corrected chi connectivity index (χ1v) is 5.09. The molecule has 0 saturated heterocycles. The number of carbonyl (C=O) groups excluding carboxylic acids is 1. The average Bonchev–Trinajstić information content (AvgIpc) is 2.65. The number of carbonyl (C=O) groups is 1. The molecule has 0 aliphatic carbocycles. The highest BCUT2D eigenvalue weighted by molar-refractivity contribution is 7.09. The summed E-state index contributed by atoms with van der Waals surface area (Å²) in [7, 11) is 1.64. The summed E-state index contributed by atoms with van der Waals surface area (Å²) in [6, 6.07) is 3.92.